The number of anilines is 1. The summed E-state index contributed by atoms with van der Waals surface area (Å²) in [6, 6.07) is 3.43. The van der Waals surface area contributed by atoms with Crippen LogP contribution in [0.4, 0.5) is 10.1 Å². The van der Waals surface area contributed by atoms with Crippen LogP contribution < -0.4 is 10.0 Å². The molecule has 0 bridgehead atoms. The van der Waals surface area contributed by atoms with Gasteiger partial charge in [-0.05, 0) is 32.2 Å². The predicted molar refractivity (Wildman–Crippen MR) is 78.3 cm³/mol. The Bertz CT molecular complexity index is 761. The molecule has 0 aliphatic heterocycles. The van der Waals surface area contributed by atoms with Crippen molar-refractivity contribution in [3.05, 3.63) is 40.3 Å². The lowest BCUT2D eigenvalue weighted by Gasteiger charge is -2.09. The number of nitrogens with one attached hydrogen (secondary N) is 3. The molecule has 1 aromatic heterocycles. The van der Waals surface area contributed by atoms with Gasteiger partial charge in [-0.1, -0.05) is 11.6 Å². The molecule has 0 atom stereocenters. The number of H-pyrrole nitrogens is 1. The molecule has 21 heavy (non-hydrogen) atoms. The first-order chi connectivity index (χ1) is 9.85. The van der Waals surface area contributed by atoms with Crippen molar-refractivity contribution >= 4 is 27.3 Å². The quantitative estimate of drug-likeness (QED) is 0.782. The maximum atomic E-state index is 13.2. The van der Waals surface area contributed by atoms with Gasteiger partial charge in [0.15, 0.2) is 0 Å². The number of hydrogen-bond acceptors (Lipinski definition) is 4. The monoisotopic (exact) mass is 332 g/mol. The molecule has 6 nitrogen and oxygen atoms in total. The summed E-state index contributed by atoms with van der Waals surface area (Å²) in [6.45, 7) is 2.04. The molecule has 0 spiro atoms. The summed E-state index contributed by atoms with van der Waals surface area (Å²) >= 11 is 5.86. The van der Waals surface area contributed by atoms with E-state index in [0.717, 1.165) is 12.1 Å². The van der Waals surface area contributed by atoms with Gasteiger partial charge in [0.1, 0.15) is 5.82 Å². The summed E-state index contributed by atoms with van der Waals surface area (Å²) in [6.07, 6.45) is 0. The van der Waals surface area contributed by atoms with Gasteiger partial charge in [0.05, 0.1) is 10.7 Å². The predicted octanol–water partition coefficient (Wildman–Crippen LogP) is 2.03. The molecule has 1 aromatic carbocycles. The van der Waals surface area contributed by atoms with E-state index in [9.17, 15) is 12.8 Å². The Morgan fingerprint density at radius 2 is 2.14 bits per heavy atom. The van der Waals surface area contributed by atoms with E-state index in [2.05, 4.69) is 20.2 Å². The van der Waals surface area contributed by atoms with Crippen LogP contribution in [0.2, 0.25) is 5.02 Å². The summed E-state index contributed by atoms with van der Waals surface area (Å²) in [5.74, 6) is -0.592. The second-order valence-corrected chi connectivity index (χ2v) is 6.40. The highest BCUT2D eigenvalue weighted by Crippen LogP contribution is 2.26. The third kappa shape index (κ3) is 3.34. The van der Waals surface area contributed by atoms with Crippen molar-refractivity contribution in [3.8, 4) is 0 Å². The van der Waals surface area contributed by atoms with Crippen molar-refractivity contribution in [1.29, 1.82) is 0 Å². The van der Waals surface area contributed by atoms with Crippen LogP contribution in [0, 0.1) is 12.7 Å². The maximum absolute atomic E-state index is 13.2. The van der Waals surface area contributed by atoms with E-state index in [1.54, 1.807) is 14.0 Å². The van der Waals surface area contributed by atoms with Gasteiger partial charge in [0.25, 0.3) is 10.0 Å². The van der Waals surface area contributed by atoms with Gasteiger partial charge in [-0.2, -0.15) is 13.5 Å². The number of aryl methyl sites for hydroxylation is 1. The van der Waals surface area contributed by atoms with Crippen molar-refractivity contribution in [2.45, 2.75) is 18.5 Å². The van der Waals surface area contributed by atoms with Gasteiger partial charge in [-0.25, -0.2) is 4.39 Å². The van der Waals surface area contributed by atoms with Gasteiger partial charge in [0.2, 0.25) is 5.03 Å². The highest BCUT2D eigenvalue weighted by Gasteiger charge is 2.24. The van der Waals surface area contributed by atoms with E-state index >= 15 is 0 Å². The lowest BCUT2D eigenvalue weighted by atomic mass is 10.3. The Hall–Kier alpha value is -1.64. The Labute approximate surface area is 126 Å². The fourth-order valence-electron chi connectivity index (χ4n) is 1.81. The first kappa shape index (κ1) is 15.7. The molecule has 0 aliphatic rings. The number of benzene rings is 1. The van der Waals surface area contributed by atoms with Crippen LogP contribution in [0.15, 0.2) is 23.2 Å². The maximum Gasteiger partial charge on any atom is 0.281 e. The van der Waals surface area contributed by atoms with E-state index in [-0.39, 0.29) is 15.7 Å². The van der Waals surface area contributed by atoms with Crippen LogP contribution in [0.25, 0.3) is 0 Å². The summed E-state index contributed by atoms with van der Waals surface area (Å²) in [5, 5.41) is 9.25. The molecule has 3 N–H and O–H groups in total. The van der Waals surface area contributed by atoms with Gasteiger partial charge in [-0.15, -0.1) is 0 Å². The summed E-state index contributed by atoms with van der Waals surface area (Å²) < 4.78 is 40.2. The molecule has 0 saturated heterocycles. The first-order valence-corrected chi connectivity index (χ1v) is 7.87. The second-order valence-electron chi connectivity index (χ2n) is 4.39. The zero-order valence-electron chi connectivity index (χ0n) is 11.4. The number of halogens is 2. The number of sulfonamides is 1. The first-order valence-electron chi connectivity index (χ1n) is 6.01. The summed E-state index contributed by atoms with van der Waals surface area (Å²) in [7, 11) is -2.27. The normalized spacial score (nSPS) is 11.6. The molecule has 1 heterocycles. The van der Waals surface area contributed by atoms with Crippen molar-refractivity contribution in [2.24, 2.45) is 0 Å². The smallest absolute Gasteiger partial charge is 0.281 e. The van der Waals surface area contributed by atoms with E-state index in [1.165, 1.54) is 6.07 Å². The molecular formula is C12H14ClFN4O2S. The van der Waals surface area contributed by atoms with Crippen LogP contribution in [-0.2, 0) is 16.6 Å². The Balaban J connectivity index is 2.41. The lowest BCUT2D eigenvalue weighted by molar-refractivity contribution is 0.595. The van der Waals surface area contributed by atoms with E-state index in [4.69, 9.17) is 11.6 Å². The van der Waals surface area contributed by atoms with Gasteiger partial charge >= 0.3 is 0 Å². The average Bonchev–Trinajstić information content (AvgIpc) is 2.77. The fourth-order valence-corrected chi connectivity index (χ4v) is 3.30. The molecule has 0 saturated carbocycles. The minimum absolute atomic E-state index is 0.0345. The van der Waals surface area contributed by atoms with Crippen molar-refractivity contribution in [2.75, 3.05) is 11.8 Å². The Morgan fingerprint density at radius 3 is 2.81 bits per heavy atom. The topological polar surface area (TPSA) is 86.9 Å². The molecule has 2 aromatic rings. The van der Waals surface area contributed by atoms with E-state index in [1.807, 2.05) is 0 Å². The second kappa shape index (κ2) is 6.00. The zero-order chi connectivity index (χ0) is 15.6. The molecule has 0 fully saturated rings. The number of hydrogen-bond donors (Lipinski definition) is 3. The van der Waals surface area contributed by atoms with Crippen LogP contribution in [0.5, 0.6) is 0 Å². The standard InChI is InChI=1S/C12H14ClFN4O2S/c1-7-9(6-15-2)12(17-16-7)21(19,20)18-11-5-8(14)3-4-10(11)13/h3-5,15,18H,6H2,1-2H3,(H,16,17). The average molecular weight is 333 g/mol. The lowest BCUT2D eigenvalue weighted by Crippen LogP contribution is -2.17. The third-order valence-corrected chi connectivity index (χ3v) is 4.48. The van der Waals surface area contributed by atoms with Gasteiger partial charge in [0, 0.05) is 17.8 Å². The molecular weight excluding hydrogens is 319 g/mol. The summed E-state index contributed by atoms with van der Waals surface area (Å²) in [5.41, 5.74) is 1.11. The van der Waals surface area contributed by atoms with Crippen molar-refractivity contribution in [1.82, 2.24) is 15.5 Å². The van der Waals surface area contributed by atoms with Gasteiger partial charge < -0.3 is 5.32 Å². The number of aromatic amines is 1. The van der Waals surface area contributed by atoms with Crippen LogP contribution in [0.1, 0.15) is 11.3 Å². The molecule has 9 heteroatoms. The van der Waals surface area contributed by atoms with Crippen molar-refractivity contribution < 1.29 is 12.8 Å². The minimum Gasteiger partial charge on any atom is -0.316 e. The van der Waals surface area contributed by atoms with Crippen molar-refractivity contribution in [3.63, 3.8) is 0 Å². The highest BCUT2D eigenvalue weighted by molar-refractivity contribution is 7.92. The number of rotatable bonds is 5. The largest absolute Gasteiger partial charge is 0.316 e. The number of aromatic nitrogens is 2. The SMILES string of the molecule is CNCc1c(S(=O)(=O)Nc2cc(F)ccc2Cl)n[nH]c1C. The molecule has 114 valence electrons. The molecule has 0 aliphatic carbocycles. The van der Waals surface area contributed by atoms with E-state index < -0.39 is 15.8 Å². The molecule has 2 rings (SSSR count). The van der Waals surface area contributed by atoms with Crippen LogP contribution in [-0.4, -0.2) is 25.7 Å². The van der Waals surface area contributed by atoms with Crippen LogP contribution >= 0.6 is 11.6 Å². The number of nitrogens with zero attached hydrogens (tertiary/aromatic N) is 1. The molecule has 0 radical (unpaired) electrons. The molecule has 0 amide bonds. The minimum atomic E-state index is -3.97. The third-order valence-electron chi connectivity index (χ3n) is 2.82. The Kier molecular flexibility index (Phi) is 4.50. The molecule has 0 unspecified atom stereocenters. The fraction of sp³-hybridized carbons (Fsp3) is 0.250. The highest BCUT2D eigenvalue weighted by atomic mass is 35.5. The van der Waals surface area contributed by atoms with E-state index in [0.29, 0.717) is 17.8 Å². The Morgan fingerprint density at radius 1 is 1.43 bits per heavy atom. The van der Waals surface area contributed by atoms with Gasteiger partial charge in [-0.3, -0.25) is 9.82 Å². The summed E-state index contributed by atoms with van der Waals surface area (Å²) in [4.78, 5) is 0. The zero-order valence-corrected chi connectivity index (χ0v) is 12.9. The van der Waals surface area contributed by atoms with Crippen LogP contribution in [0.3, 0.4) is 0 Å².